The fraction of sp³-hybridized carbons (Fsp3) is 0.125. The molecule has 0 saturated heterocycles. The summed E-state index contributed by atoms with van der Waals surface area (Å²) in [5.74, 6) is 2.53. The highest BCUT2D eigenvalue weighted by atomic mass is 79.9. The van der Waals surface area contributed by atoms with Crippen LogP contribution in [0.15, 0.2) is 22.8 Å². The third-order valence-electron chi connectivity index (χ3n) is 1.07. The lowest BCUT2D eigenvalue weighted by Gasteiger charge is -1.92. The van der Waals surface area contributed by atoms with Crippen LogP contribution in [0.3, 0.4) is 0 Å². The summed E-state index contributed by atoms with van der Waals surface area (Å²) in [6.07, 6.45) is 7.44. The number of hydrogen-bond acceptors (Lipinski definition) is 1. The molecule has 0 spiro atoms. The number of nitrogens with zero attached hydrogens (tertiary/aromatic N) is 1. The molecular formula is C8H6BrN. The van der Waals surface area contributed by atoms with Gasteiger partial charge in [0.2, 0.25) is 0 Å². The molecule has 0 radical (unpaired) electrons. The van der Waals surface area contributed by atoms with E-state index in [0.717, 1.165) is 10.2 Å². The average molecular weight is 196 g/mol. The lowest BCUT2D eigenvalue weighted by atomic mass is 10.3. The van der Waals surface area contributed by atoms with Gasteiger partial charge in [0.1, 0.15) is 0 Å². The van der Waals surface area contributed by atoms with Gasteiger partial charge < -0.3 is 0 Å². The van der Waals surface area contributed by atoms with Crippen molar-refractivity contribution in [1.29, 1.82) is 0 Å². The smallest absolute Gasteiger partial charge is 0.0523 e. The molecule has 0 atom stereocenters. The van der Waals surface area contributed by atoms with Crippen LogP contribution in [-0.4, -0.2) is 4.98 Å². The van der Waals surface area contributed by atoms with Crippen molar-refractivity contribution < 1.29 is 0 Å². The zero-order chi connectivity index (χ0) is 7.40. The van der Waals surface area contributed by atoms with Crippen molar-refractivity contribution in [2.24, 2.45) is 0 Å². The van der Waals surface area contributed by atoms with Gasteiger partial charge in [-0.25, -0.2) is 0 Å². The van der Waals surface area contributed by atoms with Gasteiger partial charge in [0.15, 0.2) is 0 Å². The number of terminal acetylenes is 1. The van der Waals surface area contributed by atoms with Crippen molar-refractivity contribution in [3.05, 3.63) is 28.5 Å². The predicted octanol–water partition coefficient (Wildman–Crippen LogP) is 2.02. The van der Waals surface area contributed by atoms with Gasteiger partial charge in [0, 0.05) is 10.7 Å². The summed E-state index contributed by atoms with van der Waals surface area (Å²) < 4.78 is 0.980. The summed E-state index contributed by atoms with van der Waals surface area (Å²) in [7, 11) is 0. The highest BCUT2D eigenvalue weighted by molar-refractivity contribution is 9.10. The number of halogens is 1. The second-order valence-corrected chi connectivity index (χ2v) is 2.76. The molecule has 0 amide bonds. The van der Waals surface area contributed by atoms with Gasteiger partial charge in [-0.3, -0.25) is 4.98 Å². The molecule has 0 unspecified atom stereocenters. The maximum Gasteiger partial charge on any atom is 0.0523 e. The van der Waals surface area contributed by atoms with Gasteiger partial charge in [-0.2, -0.15) is 0 Å². The second kappa shape index (κ2) is 3.38. The molecule has 0 aliphatic heterocycles. The third-order valence-corrected chi connectivity index (χ3v) is 1.54. The molecule has 50 valence electrons. The maximum absolute atomic E-state index is 5.10. The quantitative estimate of drug-likeness (QED) is 0.626. The molecule has 2 heteroatoms. The van der Waals surface area contributed by atoms with Crippen LogP contribution in [0.25, 0.3) is 0 Å². The van der Waals surface area contributed by atoms with Crippen LogP contribution >= 0.6 is 15.9 Å². The highest BCUT2D eigenvalue weighted by Gasteiger charge is 1.89. The summed E-state index contributed by atoms with van der Waals surface area (Å²) in [6, 6.07) is 3.84. The van der Waals surface area contributed by atoms with Crippen LogP contribution in [0.5, 0.6) is 0 Å². The van der Waals surface area contributed by atoms with E-state index in [2.05, 4.69) is 26.8 Å². The molecule has 0 N–H and O–H groups in total. The Balaban J connectivity index is 2.81. The SMILES string of the molecule is C#CCc1ccc(Br)cn1. The van der Waals surface area contributed by atoms with Crippen molar-refractivity contribution in [2.45, 2.75) is 6.42 Å². The van der Waals surface area contributed by atoms with E-state index < -0.39 is 0 Å². The Kier molecular flexibility index (Phi) is 2.47. The molecular weight excluding hydrogens is 190 g/mol. The van der Waals surface area contributed by atoms with E-state index in [-0.39, 0.29) is 0 Å². The van der Waals surface area contributed by atoms with Crippen LogP contribution in [-0.2, 0) is 6.42 Å². The first-order valence-corrected chi connectivity index (χ1v) is 3.66. The number of hydrogen-bond donors (Lipinski definition) is 0. The first-order valence-electron chi connectivity index (χ1n) is 2.87. The molecule has 0 aliphatic carbocycles. The summed E-state index contributed by atoms with van der Waals surface area (Å²) in [5, 5.41) is 0. The van der Waals surface area contributed by atoms with Crippen molar-refractivity contribution >= 4 is 15.9 Å². The van der Waals surface area contributed by atoms with E-state index >= 15 is 0 Å². The Morgan fingerprint density at radius 1 is 1.60 bits per heavy atom. The van der Waals surface area contributed by atoms with Gasteiger partial charge >= 0.3 is 0 Å². The van der Waals surface area contributed by atoms with E-state index in [1.807, 2.05) is 12.1 Å². The van der Waals surface area contributed by atoms with E-state index in [0.29, 0.717) is 6.42 Å². The fourth-order valence-electron chi connectivity index (χ4n) is 0.616. The van der Waals surface area contributed by atoms with Crippen LogP contribution in [0.1, 0.15) is 5.69 Å². The van der Waals surface area contributed by atoms with Crippen LogP contribution in [0.4, 0.5) is 0 Å². The monoisotopic (exact) mass is 195 g/mol. The lowest BCUT2D eigenvalue weighted by Crippen LogP contribution is -1.84. The average Bonchev–Trinajstić information content (AvgIpc) is 1.95. The van der Waals surface area contributed by atoms with Crippen molar-refractivity contribution in [2.75, 3.05) is 0 Å². The zero-order valence-corrected chi connectivity index (χ0v) is 6.93. The minimum absolute atomic E-state index is 0.604. The molecule has 0 bridgehead atoms. The van der Waals surface area contributed by atoms with Crippen molar-refractivity contribution in [3.8, 4) is 12.3 Å². The standard InChI is InChI=1S/C8H6BrN/c1-2-3-8-5-4-7(9)6-10-8/h1,4-6H,3H2. The Morgan fingerprint density at radius 3 is 2.90 bits per heavy atom. The number of pyridine rings is 1. The van der Waals surface area contributed by atoms with E-state index in [9.17, 15) is 0 Å². The first-order chi connectivity index (χ1) is 4.83. The summed E-state index contributed by atoms with van der Waals surface area (Å²) in [5.41, 5.74) is 0.936. The summed E-state index contributed by atoms with van der Waals surface area (Å²) in [4.78, 5) is 4.08. The maximum atomic E-state index is 5.10. The van der Waals surface area contributed by atoms with Gasteiger partial charge in [-0.05, 0) is 28.1 Å². The minimum Gasteiger partial charge on any atom is -0.259 e. The van der Waals surface area contributed by atoms with Gasteiger partial charge in [0.25, 0.3) is 0 Å². The molecule has 1 aromatic rings. The zero-order valence-electron chi connectivity index (χ0n) is 5.34. The Bertz CT molecular complexity index is 245. The van der Waals surface area contributed by atoms with Gasteiger partial charge in [0.05, 0.1) is 12.1 Å². The predicted molar refractivity (Wildman–Crippen MR) is 44.5 cm³/mol. The van der Waals surface area contributed by atoms with Crippen LogP contribution in [0.2, 0.25) is 0 Å². The fourth-order valence-corrected chi connectivity index (χ4v) is 0.850. The van der Waals surface area contributed by atoms with E-state index in [1.54, 1.807) is 6.20 Å². The lowest BCUT2D eigenvalue weighted by molar-refractivity contribution is 1.13. The topological polar surface area (TPSA) is 12.9 Å². The number of rotatable bonds is 1. The Morgan fingerprint density at radius 2 is 2.40 bits per heavy atom. The normalized spacial score (nSPS) is 8.80. The third kappa shape index (κ3) is 1.85. The second-order valence-electron chi connectivity index (χ2n) is 1.85. The number of aromatic nitrogens is 1. The highest BCUT2D eigenvalue weighted by Crippen LogP contribution is 2.06. The van der Waals surface area contributed by atoms with Gasteiger partial charge in [-0.15, -0.1) is 12.3 Å². The van der Waals surface area contributed by atoms with E-state index in [1.165, 1.54) is 0 Å². The first kappa shape index (κ1) is 7.30. The molecule has 0 saturated carbocycles. The van der Waals surface area contributed by atoms with Crippen LogP contribution < -0.4 is 0 Å². The van der Waals surface area contributed by atoms with Crippen molar-refractivity contribution in [3.63, 3.8) is 0 Å². The molecule has 10 heavy (non-hydrogen) atoms. The van der Waals surface area contributed by atoms with Crippen LogP contribution in [0, 0.1) is 12.3 Å². The largest absolute Gasteiger partial charge is 0.259 e. The molecule has 1 rings (SSSR count). The minimum atomic E-state index is 0.604. The Labute approximate surface area is 68.6 Å². The Hall–Kier alpha value is -0.810. The van der Waals surface area contributed by atoms with E-state index in [4.69, 9.17) is 6.42 Å². The molecule has 0 aliphatic rings. The van der Waals surface area contributed by atoms with Crippen molar-refractivity contribution in [1.82, 2.24) is 4.98 Å². The molecule has 1 aromatic heterocycles. The summed E-state index contributed by atoms with van der Waals surface area (Å²) in [6.45, 7) is 0. The summed E-state index contributed by atoms with van der Waals surface area (Å²) >= 11 is 3.28. The van der Waals surface area contributed by atoms with Gasteiger partial charge in [-0.1, -0.05) is 0 Å². The molecule has 1 heterocycles. The molecule has 0 fully saturated rings. The molecule has 0 aromatic carbocycles. The molecule has 1 nitrogen and oxygen atoms in total.